The quantitative estimate of drug-likeness (QED) is 0.350. The molecule has 1 aliphatic heterocycles. The minimum Gasteiger partial charge on any atom is -0.367 e. The monoisotopic (exact) mass is 469 g/mol. The van der Waals surface area contributed by atoms with Gasteiger partial charge >= 0.3 is 0 Å². The van der Waals surface area contributed by atoms with Crippen LogP contribution in [-0.4, -0.2) is 48.4 Å². The van der Waals surface area contributed by atoms with Gasteiger partial charge in [-0.2, -0.15) is 0 Å². The number of pyridine rings is 1. The SMILES string of the molecule is Cc1ccc2cccc(N3CCN(CCC(=O)c4csc5ccc(F)cc45)CC3)c2n1.Cl. The van der Waals surface area contributed by atoms with Gasteiger partial charge in [-0.3, -0.25) is 14.7 Å². The van der Waals surface area contributed by atoms with Crippen LogP contribution in [0.25, 0.3) is 21.0 Å². The zero-order chi connectivity index (χ0) is 21.4. The van der Waals surface area contributed by atoms with E-state index in [1.807, 2.05) is 18.4 Å². The van der Waals surface area contributed by atoms with Gasteiger partial charge in [0.25, 0.3) is 0 Å². The van der Waals surface area contributed by atoms with Gasteiger partial charge in [0.2, 0.25) is 0 Å². The average molecular weight is 470 g/mol. The molecule has 1 fully saturated rings. The molecule has 4 aromatic rings. The Morgan fingerprint density at radius 1 is 1.09 bits per heavy atom. The smallest absolute Gasteiger partial charge is 0.165 e. The van der Waals surface area contributed by atoms with E-state index in [1.165, 1.54) is 29.2 Å². The minimum atomic E-state index is -0.297. The summed E-state index contributed by atoms with van der Waals surface area (Å²) in [4.78, 5) is 22.3. The van der Waals surface area contributed by atoms with E-state index in [1.54, 1.807) is 6.07 Å². The van der Waals surface area contributed by atoms with Crippen molar-refractivity contribution >= 4 is 56.2 Å². The van der Waals surface area contributed by atoms with Crippen LogP contribution in [-0.2, 0) is 0 Å². The summed E-state index contributed by atoms with van der Waals surface area (Å²) in [5, 5.41) is 3.76. The van der Waals surface area contributed by atoms with Crippen molar-refractivity contribution in [2.45, 2.75) is 13.3 Å². The van der Waals surface area contributed by atoms with Gasteiger partial charge in [-0.1, -0.05) is 18.2 Å². The van der Waals surface area contributed by atoms with Crippen LogP contribution in [0.2, 0.25) is 0 Å². The maximum absolute atomic E-state index is 13.6. The van der Waals surface area contributed by atoms with Gasteiger partial charge in [0.1, 0.15) is 5.82 Å². The van der Waals surface area contributed by atoms with E-state index in [0.717, 1.165) is 59.4 Å². The van der Waals surface area contributed by atoms with Crippen molar-refractivity contribution in [2.24, 2.45) is 0 Å². The van der Waals surface area contributed by atoms with E-state index >= 15 is 0 Å². The second kappa shape index (κ2) is 9.53. The molecule has 0 N–H and O–H groups in total. The number of carbonyl (C=O) groups excluding carboxylic acids is 1. The van der Waals surface area contributed by atoms with Gasteiger partial charge in [0, 0.05) is 71.3 Å². The zero-order valence-corrected chi connectivity index (χ0v) is 19.5. The lowest BCUT2D eigenvalue weighted by Crippen LogP contribution is -2.47. The first-order chi connectivity index (χ1) is 15.1. The Morgan fingerprint density at radius 2 is 1.91 bits per heavy atom. The molecule has 0 unspecified atom stereocenters. The third-order valence-corrected chi connectivity index (χ3v) is 7.01. The standard InChI is InChI=1S/C25H24FN3OS.ClH/c1-17-5-6-18-3-2-4-22(25(18)27-17)29-13-11-28(12-14-29)10-9-23(30)21-16-31-24-8-7-19(26)15-20(21)24;/h2-8,15-16H,9-14H2,1H3;1H. The lowest BCUT2D eigenvalue weighted by Gasteiger charge is -2.36. The number of anilines is 1. The maximum atomic E-state index is 13.6. The maximum Gasteiger partial charge on any atom is 0.165 e. The normalized spacial score (nSPS) is 14.6. The molecule has 5 rings (SSSR count). The molecule has 2 aromatic carbocycles. The highest BCUT2D eigenvalue weighted by molar-refractivity contribution is 7.17. The first-order valence-corrected chi connectivity index (χ1v) is 11.5. The number of ketones is 1. The summed E-state index contributed by atoms with van der Waals surface area (Å²) < 4.78 is 14.6. The van der Waals surface area contributed by atoms with Gasteiger partial charge in [-0.25, -0.2) is 4.39 Å². The average Bonchev–Trinajstić information content (AvgIpc) is 3.20. The summed E-state index contributed by atoms with van der Waals surface area (Å²) >= 11 is 1.50. The van der Waals surface area contributed by atoms with E-state index in [9.17, 15) is 9.18 Å². The molecule has 0 atom stereocenters. The Morgan fingerprint density at radius 3 is 2.72 bits per heavy atom. The van der Waals surface area contributed by atoms with Crippen molar-refractivity contribution in [3.8, 4) is 0 Å². The molecule has 3 heterocycles. The number of aryl methyl sites for hydroxylation is 1. The molecule has 0 amide bonds. The molecule has 0 aliphatic carbocycles. The highest BCUT2D eigenvalue weighted by Crippen LogP contribution is 2.28. The van der Waals surface area contributed by atoms with Gasteiger partial charge < -0.3 is 4.90 Å². The Bertz CT molecular complexity index is 1270. The number of piperazine rings is 1. The molecule has 0 saturated carbocycles. The van der Waals surface area contributed by atoms with Crippen LogP contribution in [0.1, 0.15) is 22.5 Å². The number of hydrogen-bond donors (Lipinski definition) is 0. The number of benzene rings is 2. The number of aromatic nitrogens is 1. The summed E-state index contributed by atoms with van der Waals surface area (Å²) in [6, 6.07) is 15.2. The number of carbonyl (C=O) groups is 1. The lowest BCUT2D eigenvalue weighted by atomic mass is 10.1. The van der Waals surface area contributed by atoms with Crippen molar-refractivity contribution in [1.82, 2.24) is 9.88 Å². The van der Waals surface area contributed by atoms with Crippen molar-refractivity contribution in [3.05, 3.63) is 71.0 Å². The predicted octanol–water partition coefficient (Wildman–Crippen LogP) is 5.71. The summed E-state index contributed by atoms with van der Waals surface area (Å²) in [6.45, 7) is 6.40. The van der Waals surface area contributed by atoms with Crippen LogP contribution in [0.5, 0.6) is 0 Å². The van der Waals surface area contributed by atoms with Crippen LogP contribution >= 0.6 is 23.7 Å². The lowest BCUT2D eigenvalue weighted by molar-refractivity contribution is 0.0964. The fourth-order valence-corrected chi connectivity index (χ4v) is 5.25. The number of Topliss-reactive ketones (excluding diaryl/α,β-unsaturated/α-hetero) is 1. The van der Waals surface area contributed by atoms with Gasteiger partial charge in [0.05, 0.1) is 11.2 Å². The van der Waals surface area contributed by atoms with Crippen LogP contribution in [0, 0.1) is 12.7 Å². The molecular formula is C25H25ClFN3OS. The van der Waals surface area contributed by atoms with Crippen LogP contribution in [0.4, 0.5) is 10.1 Å². The fraction of sp³-hybridized carbons (Fsp3) is 0.280. The molecule has 1 saturated heterocycles. The van der Waals surface area contributed by atoms with Crippen molar-refractivity contribution in [3.63, 3.8) is 0 Å². The molecular weight excluding hydrogens is 445 g/mol. The summed E-state index contributed by atoms with van der Waals surface area (Å²) in [7, 11) is 0. The topological polar surface area (TPSA) is 36.4 Å². The first kappa shape index (κ1) is 22.6. The van der Waals surface area contributed by atoms with Crippen LogP contribution in [0.15, 0.2) is 53.9 Å². The Hall–Kier alpha value is -2.54. The number of halogens is 2. The Kier molecular flexibility index (Phi) is 6.74. The molecule has 32 heavy (non-hydrogen) atoms. The van der Waals surface area contributed by atoms with Crippen molar-refractivity contribution in [1.29, 1.82) is 0 Å². The van der Waals surface area contributed by atoms with Crippen molar-refractivity contribution < 1.29 is 9.18 Å². The van der Waals surface area contributed by atoms with E-state index in [0.29, 0.717) is 12.0 Å². The van der Waals surface area contributed by atoms with Gasteiger partial charge in [-0.15, -0.1) is 23.7 Å². The molecule has 1 aliphatic rings. The van der Waals surface area contributed by atoms with E-state index < -0.39 is 0 Å². The molecule has 7 heteroatoms. The first-order valence-electron chi connectivity index (χ1n) is 10.6. The highest BCUT2D eigenvalue weighted by atomic mass is 35.5. The molecule has 0 bridgehead atoms. The summed E-state index contributed by atoms with van der Waals surface area (Å²) in [5.74, 6) is -0.206. The number of para-hydroxylation sites is 1. The predicted molar refractivity (Wildman–Crippen MR) is 133 cm³/mol. The summed E-state index contributed by atoms with van der Waals surface area (Å²) in [5.41, 5.74) is 3.92. The molecule has 4 nitrogen and oxygen atoms in total. The number of rotatable bonds is 5. The number of hydrogen-bond acceptors (Lipinski definition) is 5. The zero-order valence-electron chi connectivity index (χ0n) is 17.9. The molecule has 0 radical (unpaired) electrons. The third-order valence-electron chi connectivity index (χ3n) is 6.04. The molecule has 2 aromatic heterocycles. The van der Waals surface area contributed by atoms with Crippen LogP contribution < -0.4 is 4.90 Å². The Labute approximate surface area is 197 Å². The van der Waals surface area contributed by atoms with Crippen molar-refractivity contribution in [2.75, 3.05) is 37.6 Å². The Balaban J connectivity index is 0.00000245. The number of thiophene rings is 1. The number of fused-ring (bicyclic) bond motifs is 2. The fourth-order valence-electron chi connectivity index (χ4n) is 4.31. The largest absolute Gasteiger partial charge is 0.367 e. The second-order valence-electron chi connectivity index (χ2n) is 8.09. The van der Waals surface area contributed by atoms with Gasteiger partial charge in [0.15, 0.2) is 5.78 Å². The molecule has 166 valence electrons. The second-order valence-corrected chi connectivity index (χ2v) is 9.00. The summed E-state index contributed by atoms with van der Waals surface area (Å²) in [6.07, 6.45) is 0.456. The van der Waals surface area contributed by atoms with Crippen LogP contribution in [0.3, 0.4) is 0 Å². The van der Waals surface area contributed by atoms with Gasteiger partial charge in [-0.05, 0) is 37.3 Å². The van der Waals surface area contributed by atoms with E-state index in [4.69, 9.17) is 4.98 Å². The molecule has 0 spiro atoms. The van der Waals surface area contributed by atoms with E-state index in [-0.39, 0.29) is 24.0 Å². The number of nitrogens with zero attached hydrogens (tertiary/aromatic N) is 3. The third kappa shape index (κ3) is 4.49. The highest BCUT2D eigenvalue weighted by Gasteiger charge is 2.21. The van der Waals surface area contributed by atoms with E-state index in [2.05, 4.69) is 34.1 Å². The minimum absolute atomic E-state index is 0.